The summed E-state index contributed by atoms with van der Waals surface area (Å²) in [5.41, 5.74) is -0.918. The van der Waals surface area contributed by atoms with Crippen molar-refractivity contribution < 1.29 is 14.4 Å². The Bertz CT molecular complexity index is 360. The van der Waals surface area contributed by atoms with Crippen LogP contribution in [0.5, 0.6) is 0 Å². The SMILES string of the molecule is O=C1NC(=O)C2(CCN(C(=O)CCCl)C2)N1. The van der Waals surface area contributed by atoms with Gasteiger partial charge in [0, 0.05) is 18.8 Å². The Morgan fingerprint density at radius 3 is 2.81 bits per heavy atom. The van der Waals surface area contributed by atoms with E-state index in [0.29, 0.717) is 13.0 Å². The fourth-order valence-corrected chi connectivity index (χ4v) is 2.24. The zero-order chi connectivity index (χ0) is 11.8. The average molecular weight is 246 g/mol. The third kappa shape index (κ3) is 1.73. The number of nitrogens with one attached hydrogen (secondary N) is 2. The molecular weight excluding hydrogens is 234 g/mol. The van der Waals surface area contributed by atoms with Gasteiger partial charge in [-0.1, -0.05) is 0 Å². The van der Waals surface area contributed by atoms with E-state index in [9.17, 15) is 14.4 Å². The minimum atomic E-state index is -0.918. The number of alkyl halides is 1. The van der Waals surface area contributed by atoms with E-state index in [4.69, 9.17) is 11.6 Å². The molecule has 0 radical (unpaired) electrons. The first-order valence-electron chi connectivity index (χ1n) is 5.05. The van der Waals surface area contributed by atoms with Gasteiger partial charge in [0.15, 0.2) is 0 Å². The molecule has 2 N–H and O–H groups in total. The van der Waals surface area contributed by atoms with Crippen LogP contribution in [0, 0.1) is 0 Å². The predicted octanol–water partition coefficient (Wildman–Crippen LogP) is -0.574. The summed E-state index contributed by atoms with van der Waals surface area (Å²) in [4.78, 5) is 35.8. The molecule has 0 bridgehead atoms. The Balaban J connectivity index is 2.05. The van der Waals surface area contributed by atoms with Crippen molar-refractivity contribution in [1.82, 2.24) is 15.5 Å². The lowest BCUT2D eigenvalue weighted by molar-refractivity contribution is -0.130. The highest BCUT2D eigenvalue weighted by Gasteiger charge is 2.51. The molecule has 0 saturated carbocycles. The number of urea groups is 1. The summed E-state index contributed by atoms with van der Waals surface area (Å²) < 4.78 is 0. The van der Waals surface area contributed by atoms with Gasteiger partial charge in [-0.25, -0.2) is 4.79 Å². The molecule has 0 aromatic rings. The number of nitrogens with zero attached hydrogens (tertiary/aromatic N) is 1. The molecule has 2 fully saturated rings. The molecule has 1 spiro atoms. The van der Waals surface area contributed by atoms with Crippen LogP contribution in [0.1, 0.15) is 12.8 Å². The molecule has 2 aliphatic heterocycles. The van der Waals surface area contributed by atoms with Crippen molar-refractivity contribution in [2.24, 2.45) is 0 Å². The molecule has 2 aliphatic rings. The molecular formula is C9H12ClN3O3. The Morgan fingerprint density at radius 2 is 2.25 bits per heavy atom. The van der Waals surface area contributed by atoms with Gasteiger partial charge < -0.3 is 10.2 Å². The van der Waals surface area contributed by atoms with E-state index < -0.39 is 11.6 Å². The molecule has 6 nitrogen and oxygen atoms in total. The first kappa shape index (κ1) is 11.2. The summed E-state index contributed by atoms with van der Waals surface area (Å²) in [5.74, 6) is -0.166. The molecule has 16 heavy (non-hydrogen) atoms. The molecule has 4 amide bonds. The summed E-state index contributed by atoms with van der Waals surface area (Å²) in [6.45, 7) is 0.712. The van der Waals surface area contributed by atoms with Gasteiger partial charge in [0.1, 0.15) is 5.54 Å². The quantitative estimate of drug-likeness (QED) is 0.505. The molecule has 0 aliphatic carbocycles. The number of likely N-dealkylation sites (tertiary alicyclic amines) is 1. The highest BCUT2D eigenvalue weighted by Crippen LogP contribution is 2.24. The Morgan fingerprint density at radius 1 is 1.50 bits per heavy atom. The van der Waals surface area contributed by atoms with E-state index >= 15 is 0 Å². The number of hydrogen-bond acceptors (Lipinski definition) is 3. The number of hydrogen-bond donors (Lipinski definition) is 2. The Hall–Kier alpha value is -1.30. The van der Waals surface area contributed by atoms with Gasteiger partial charge in [0.25, 0.3) is 5.91 Å². The van der Waals surface area contributed by atoms with Gasteiger partial charge >= 0.3 is 6.03 Å². The number of rotatable bonds is 2. The average Bonchev–Trinajstić information content (AvgIpc) is 2.74. The maximum absolute atomic E-state index is 11.6. The second-order valence-corrected chi connectivity index (χ2v) is 4.37. The van der Waals surface area contributed by atoms with Crippen molar-refractivity contribution in [1.29, 1.82) is 0 Å². The molecule has 0 aromatic carbocycles. The van der Waals surface area contributed by atoms with Gasteiger partial charge in [0.05, 0.1) is 6.54 Å². The van der Waals surface area contributed by atoms with Crippen LogP contribution in [0.2, 0.25) is 0 Å². The summed E-state index contributed by atoms with van der Waals surface area (Å²) in [6.07, 6.45) is 0.714. The number of halogens is 1. The van der Waals surface area contributed by atoms with Crippen LogP contribution >= 0.6 is 11.6 Å². The van der Waals surface area contributed by atoms with E-state index in [0.717, 1.165) is 0 Å². The molecule has 2 heterocycles. The lowest BCUT2D eigenvalue weighted by atomic mass is 10.00. The lowest BCUT2D eigenvalue weighted by Crippen LogP contribution is -2.49. The van der Waals surface area contributed by atoms with Crippen molar-refractivity contribution in [3.8, 4) is 0 Å². The van der Waals surface area contributed by atoms with Gasteiger partial charge in [-0.05, 0) is 6.42 Å². The molecule has 1 unspecified atom stereocenters. The van der Waals surface area contributed by atoms with E-state index in [1.54, 1.807) is 4.90 Å². The van der Waals surface area contributed by atoms with Gasteiger partial charge in [0.2, 0.25) is 5.91 Å². The first-order chi connectivity index (χ1) is 7.57. The summed E-state index contributed by atoms with van der Waals surface area (Å²) in [5, 5.41) is 4.77. The first-order valence-corrected chi connectivity index (χ1v) is 5.58. The highest BCUT2D eigenvalue weighted by molar-refractivity contribution is 6.19. The van der Waals surface area contributed by atoms with Crippen LogP contribution < -0.4 is 10.6 Å². The van der Waals surface area contributed by atoms with Crippen LogP contribution in [-0.2, 0) is 9.59 Å². The van der Waals surface area contributed by atoms with Gasteiger partial charge in [-0.3, -0.25) is 14.9 Å². The normalized spacial score (nSPS) is 28.4. The standard InChI is InChI=1S/C9H12ClN3O3/c10-3-1-6(14)13-4-2-9(5-13)7(15)11-8(16)12-9/h1-5H2,(H2,11,12,15,16). The van der Waals surface area contributed by atoms with E-state index in [2.05, 4.69) is 10.6 Å². The smallest absolute Gasteiger partial charge is 0.322 e. The minimum absolute atomic E-state index is 0.0826. The fraction of sp³-hybridized carbons (Fsp3) is 0.667. The van der Waals surface area contributed by atoms with E-state index in [1.165, 1.54) is 0 Å². The van der Waals surface area contributed by atoms with Crippen LogP contribution in [0.15, 0.2) is 0 Å². The number of amides is 4. The van der Waals surface area contributed by atoms with Crippen molar-refractivity contribution in [3.05, 3.63) is 0 Å². The zero-order valence-electron chi connectivity index (χ0n) is 8.59. The van der Waals surface area contributed by atoms with Crippen molar-refractivity contribution in [3.63, 3.8) is 0 Å². The molecule has 7 heteroatoms. The maximum Gasteiger partial charge on any atom is 0.322 e. The monoisotopic (exact) mass is 245 g/mol. The maximum atomic E-state index is 11.6. The molecule has 2 saturated heterocycles. The van der Waals surface area contributed by atoms with Crippen LogP contribution in [0.3, 0.4) is 0 Å². The van der Waals surface area contributed by atoms with E-state index in [-0.39, 0.29) is 30.7 Å². The Kier molecular flexibility index (Phi) is 2.75. The van der Waals surface area contributed by atoms with Crippen molar-refractivity contribution in [2.45, 2.75) is 18.4 Å². The summed E-state index contributed by atoms with van der Waals surface area (Å²) in [6, 6.07) is -0.489. The van der Waals surface area contributed by atoms with E-state index in [1.807, 2.05) is 0 Å². The third-order valence-electron chi connectivity index (χ3n) is 2.94. The fourth-order valence-electron chi connectivity index (χ4n) is 2.08. The largest absolute Gasteiger partial charge is 0.340 e. The van der Waals surface area contributed by atoms with Crippen LogP contribution in [0.4, 0.5) is 4.79 Å². The van der Waals surface area contributed by atoms with Crippen LogP contribution in [0.25, 0.3) is 0 Å². The summed E-state index contributed by atoms with van der Waals surface area (Å²) in [7, 11) is 0. The summed E-state index contributed by atoms with van der Waals surface area (Å²) >= 11 is 5.48. The molecule has 0 aromatic heterocycles. The van der Waals surface area contributed by atoms with Crippen molar-refractivity contribution in [2.75, 3.05) is 19.0 Å². The number of imide groups is 1. The molecule has 1 atom stereocenters. The van der Waals surface area contributed by atoms with Crippen molar-refractivity contribution >= 4 is 29.4 Å². The second-order valence-electron chi connectivity index (χ2n) is 3.99. The number of carbonyl (C=O) groups excluding carboxylic acids is 3. The topological polar surface area (TPSA) is 78.5 Å². The van der Waals surface area contributed by atoms with Gasteiger partial charge in [-0.2, -0.15) is 0 Å². The van der Waals surface area contributed by atoms with Gasteiger partial charge in [-0.15, -0.1) is 11.6 Å². The number of carbonyl (C=O) groups is 3. The minimum Gasteiger partial charge on any atom is -0.340 e. The highest BCUT2D eigenvalue weighted by atomic mass is 35.5. The third-order valence-corrected chi connectivity index (χ3v) is 3.13. The molecule has 88 valence electrons. The zero-order valence-corrected chi connectivity index (χ0v) is 9.34. The molecule has 2 rings (SSSR count). The Labute approximate surface area is 97.3 Å². The lowest BCUT2D eigenvalue weighted by Gasteiger charge is -2.20. The second kappa shape index (κ2) is 3.93. The van der Waals surface area contributed by atoms with Crippen LogP contribution in [-0.4, -0.2) is 47.3 Å². The predicted molar refractivity (Wildman–Crippen MR) is 55.9 cm³/mol.